The number of hydrogen-bond acceptors (Lipinski definition) is 5. The smallest absolute Gasteiger partial charge is 0.203 e. The number of nitrogens with one attached hydrogen (secondary N) is 1. The Kier molecular flexibility index (Phi) is 7.43. The summed E-state index contributed by atoms with van der Waals surface area (Å²) in [6.07, 6.45) is 1.64. The lowest BCUT2D eigenvalue weighted by Crippen LogP contribution is -2.33. The van der Waals surface area contributed by atoms with Gasteiger partial charge in [-0.25, -0.2) is 0 Å². The first-order valence-corrected chi connectivity index (χ1v) is 9.96. The van der Waals surface area contributed by atoms with E-state index in [-0.39, 0.29) is 0 Å². The van der Waals surface area contributed by atoms with Crippen LogP contribution in [0.5, 0.6) is 17.2 Å². The van der Waals surface area contributed by atoms with Gasteiger partial charge in [0.05, 0.1) is 34.1 Å². The molecule has 0 aliphatic rings. The van der Waals surface area contributed by atoms with Crippen LogP contribution in [0.25, 0.3) is 0 Å². The van der Waals surface area contributed by atoms with Crippen molar-refractivity contribution in [1.29, 1.82) is 0 Å². The second-order valence-corrected chi connectivity index (χ2v) is 7.19. The van der Waals surface area contributed by atoms with Crippen molar-refractivity contribution < 1.29 is 18.6 Å². The average Bonchev–Trinajstić information content (AvgIpc) is 3.27. The molecule has 3 aromatic rings. The summed E-state index contributed by atoms with van der Waals surface area (Å²) in [5.41, 5.74) is 1.73. The van der Waals surface area contributed by atoms with Gasteiger partial charge in [0, 0.05) is 22.8 Å². The Hall–Kier alpha value is -2.90. The summed E-state index contributed by atoms with van der Waals surface area (Å²) in [4.78, 5) is 1.98. The van der Waals surface area contributed by atoms with E-state index < -0.39 is 0 Å². The highest BCUT2D eigenvalue weighted by Gasteiger charge is 2.20. The molecule has 0 radical (unpaired) electrons. The number of methoxy groups -OCH3 is 3. The van der Waals surface area contributed by atoms with Crippen molar-refractivity contribution in [2.75, 3.05) is 26.6 Å². The van der Waals surface area contributed by atoms with Gasteiger partial charge in [0.15, 0.2) is 16.6 Å². The van der Waals surface area contributed by atoms with E-state index >= 15 is 0 Å². The maximum Gasteiger partial charge on any atom is 0.203 e. The second kappa shape index (κ2) is 10.2. The normalized spacial score (nSPS) is 10.4. The average molecular weight is 447 g/mol. The van der Waals surface area contributed by atoms with Crippen LogP contribution in [-0.2, 0) is 13.1 Å². The lowest BCUT2D eigenvalue weighted by atomic mass is 10.1. The molecule has 1 heterocycles. The van der Waals surface area contributed by atoms with Gasteiger partial charge in [-0.05, 0) is 60.7 Å². The number of hydrogen-bond donors (Lipinski definition) is 1. The highest BCUT2D eigenvalue weighted by Crippen LogP contribution is 2.40. The molecule has 0 unspecified atom stereocenters. The minimum absolute atomic E-state index is 0.462. The standard InChI is InChI=1S/C22H23ClN2O4S/c1-26-19-11-6-15(20(27-2)21(19)28-3)13-25(14-18-5-4-12-29-18)22(30)24-17-9-7-16(23)8-10-17/h4-12H,13-14H2,1-3H3,(H,24,30). The summed E-state index contributed by atoms with van der Waals surface area (Å²) < 4.78 is 22.0. The first-order chi connectivity index (χ1) is 14.5. The number of furan rings is 1. The fourth-order valence-corrected chi connectivity index (χ4v) is 3.39. The molecule has 0 aliphatic heterocycles. The molecule has 0 saturated carbocycles. The number of ether oxygens (including phenoxy) is 3. The molecule has 8 heteroatoms. The SMILES string of the molecule is COc1ccc(CN(Cc2ccco2)C(=S)Nc2ccc(Cl)cc2)c(OC)c1OC. The molecule has 0 amide bonds. The van der Waals surface area contributed by atoms with Crippen molar-refractivity contribution in [2.24, 2.45) is 0 Å². The van der Waals surface area contributed by atoms with Crippen molar-refractivity contribution in [2.45, 2.75) is 13.1 Å². The number of rotatable bonds is 8. The summed E-state index contributed by atoms with van der Waals surface area (Å²) in [6.45, 7) is 0.938. The number of thiocarbonyl (C=S) groups is 1. The highest BCUT2D eigenvalue weighted by atomic mass is 35.5. The van der Waals surface area contributed by atoms with Crippen molar-refractivity contribution >= 4 is 34.6 Å². The Bertz CT molecular complexity index is 978. The van der Waals surface area contributed by atoms with E-state index in [2.05, 4.69) is 5.32 Å². The number of nitrogens with zero attached hydrogens (tertiary/aromatic N) is 1. The Morgan fingerprint density at radius 2 is 1.70 bits per heavy atom. The largest absolute Gasteiger partial charge is 0.493 e. The molecule has 0 fully saturated rings. The molecule has 1 N–H and O–H groups in total. The molecule has 0 aliphatic carbocycles. The summed E-state index contributed by atoms with van der Waals surface area (Å²) in [7, 11) is 4.77. The van der Waals surface area contributed by atoms with Crippen molar-refractivity contribution in [3.05, 3.63) is 71.1 Å². The zero-order valence-electron chi connectivity index (χ0n) is 17.0. The van der Waals surface area contributed by atoms with Crippen LogP contribution in [0.3, 0.4) is 0 Å². The first-order valence-electron chi connectivity index (χ1n) is 9.17. The quantitative estimate of drug-likeness (QED) is 0.467. The van der Waals surface area contributed by atoms with E-state index in [1.54, 1.807) is 39.7 Å². The molecule has 2 aromatic carbocycles. The zero-order chi connectivity index (χ0) is 21.5. The van der Waals surface area contributed by atoms with Gasteiger partial charge in [-0.3, -0.25) is 0 Å². The predicted molar refractivity (Wildman–Crippen MR) is 122 cm³/mol. The second-order valence-electron chi connectivity index (χ2n) is 6.37. The molecule has 30 heavy (non-hydrogen) atoms. The minimum Gasteiger partial charge on any atom is -0.493 e. The van der Waals surface area contributed by atoms with Crippen molar-refractivity contribution in [3.8, 4) is 17.2 Å². The monoisotopic (exact) mass is 446 g/mol. The highest BCUT2D eigenvalue weighted by molar-refractivity contribution is 7.80. The van der Waals surface area contributed by atoms with Crippen molar-refractivity contribution in [1.82, 2.24) is 4.90 Å². The molecular weight excluding hydrogens is 424 g/mol. The van der Waals surface area contributed by atoms with Crippen LogP contribution in [0.15, 0.2) is 59.2 Å². The lowest BCUT2D eigenvalue weighted by Gasteiger charge is -2.26. The van der Waals surface area contributed by atoms with E-state index in [0.29, 0.717) is 40.5 Å². The minimum atomic E-state index is 0.462. The molecule has 0 atom stereocenters. The van der Waals surface area contributed by atoms with Crippen LogP contribution in [0.4, 0.5) is 5.69 Å². The van der Waals surface area contributed by atoms with E-state index in [1.165, 1.54) is 0 Å². The summed E-state index contributed by atoms with van der Waals surface area (Å²) in [6, 6.07) is 14.9. The van der Waals surface area contributed by atoms with E-state index in [1.807, 2.05) is 41.3 Å². The topological polar surface area (TPSA) is 56.1 Å². The molecule has 1 aromatic heterocycles. The summed E-state index contributed by atoms with van der Waals surface area (Å²) in [5, 5.41) is 4.44. The van der Waals surface area contributed by atoms with Crippen LogP contribution in [0.1, 0.15) is 11.3 Å². The lowest BCUT2D eigenvalue weighted by molar-refractivity contribution is 0.313. The van der Waals surface area contributed by atoms with Gasteiger partial charge >= 0.3 is 0 Å². The fraction of sp³-hybridized carbons (Fsp3) is 0.227. The summed E-state index contributed by atoms with van der Waals surface area (Å²) >= 11 is 11.7. The van der Waals surface area contributed by atoms with Crippen LogP contribution in [-0.4, -0.2) is 31.3 Å². The molecule has 0 bridgehead atoms. The molecule has 0 saturated heterocycles. The molecule has 3 rings (SSSR count). The number of halogens is 1. The van der Waals surface area contributed by atoms with Gasteiger partial charge in [-0.1, -0.05) is 11.6 Å². The third-order valence-corrected chi connectivity index (χ3v) is 5.07. The molecular formula is C22H23ClN2O4S. The van der Waals surface area contributed by atoms with Gasteiger partial charge < -0.3 is 28.8 Å². The van der Waals surface area contributed by atoms with E-state index in [9.17, 15) is 0 Å². The van der Waals surface area contributed by atoms with Gasteiger partial charge in [-0.15, -0.1) is 0 Å². The van der Waals surface area contributed by atoms with Crippen LogP contribution in [0, 0.1) is 0 Å². The van der Waals surface area contributed by atoms with Crippen LogP contribution < -0.4 is 19.5 Å². The molecule has 158 valence electrons. The van der Waals surface area contributed by atoms with Gasteiger partial charge in [0.2, 0.25) is 5.75 Å². The van der Waals surface area contributed by atoms with Gasteiger partial charge in [0.1, 0.15) is 5.76 Å². The maximum absolute atomic E-state index is 5.98. The summed E-state index contributed by atoms with van der Waals surface area (Å²) in [5.74, 6) is 2.51. The van der Waals surface area contributed by atoms with Gasteiger partial charge in [-0.2, -0.15) is 0 Å². The first kappa shape index (κ1) is 21.8. The Labute approximate surface area is 186 Å². The number of benzene rings is 2. The molecule has 0 spiro atoms. The third kappa shape index (κ3) is 5.17. The van der Waals surface area contributed by atoms with Crippen LogP contribution in [0.2, 0.25) is 5.02 Å². The fourth-order valence-electron chi connectivity index (χ4n) is 3.02. The van der Waals surface area contributed by atoms with E-state index in [0.717, 1.165) is 17.0 Å². The van der Waals surface area contributed by atoms with Crippen molar-refractivity contribution in [3.63, 3.8) is 0 Å². The predicted octanol–water partition coefficient (Wildman–Crippen LogP) is 5.36. The van der Waals surface area contributed by atoms with Crippen LogP contribution >= 0.6 is 23.8 Å². The molecule has 6 nitrogen and oxygen atoms in total. The zero-order valence-corrected chi connectivity index (χ0v) is 18.5. The Balaban J connectivity index is 1.89. The number of anilines is 1. The van der Waals surface area contributed by atoms with Gasteiger partial charge in [0.25, 0.3) is 0 Å². The Morgan fingerprint density at radius 1 is 0.967 bits per heavy atom. The Morgan fingerprint density at radius 3 is 2.30 bits per heavy atom. The van der Waals surface area contributed by atoms with E-state index in [4.69, 9.17) is 42.4 Å². The maximum atomic E-state index is 5.98. The third-order valence-electron chi connectivity index (χ3n) is 4.46.